The molecule has 1 unspecified atom stereocenters. The molecule has 2 atom stereocenters. The van der Waals surface area contributed by atoms with Crippen molar-refractivity contribution in [3.8, 4) is 11.1 Å². The van der Waals surface area contributed by atoms with Crippen LogP contribution in [0.3, 0.4) is 0 Å². The minimum Gasteiger partial charge on any atom is -0.481 e. The third-order valence-electron chi connectivity index (χ3n) is 6.17. The van der Waals surface area contributed by atoms with Gasteiger partial charge in [0.15, 0.2) is 0 Å². The molecule has 7 nitrogen and oxygen atoms in total. The lowest BCUT2D eigenvalue weighted by atomic mass is 9.97. The van der Waals surface area contributed by atoms with Crippen LogP contribution in [0.1, 0.15) is 25.3 Å². The summed E-state index contributed by atoms with van der Waals surface area (Å²) in [6.07, 6.45) is 3.02. The number of nitrogens with zero attached hydrogens (tertiary/aromatic N) is 1. The molecule has 2 aromatic carbocycles. The number of carbonyl (C=O) groups excluding carboxylic acids is 1. The van der Waals surface area contributed by atoms with Gasteiger partial charge in [-0.05, 0) is 55.3 Å². The number of fused-ring (bicyclic) bond motifs is 1. The lowest BCUT2D eigenvalue weighted by molar-refractivity contribution is -0.145. The lowest BCUT2D eigenvalue weighted by Crippen LogP contribution is -2.47. The van der Waals surface area contributed by atoms with E-state index in [0.29, 0.717) is 30.5 Å². The monoisotopic (exact) mass is 433 g/mol. The van der Waals surface area contributed by atoms with Crippen molar-refractivity contribution in [2.24, 2.45) is 5.92 Å². The molecule has 1 saturated heterocycles. The number of anilines is 1. The zero-order chi connectivity index (χ0) is 22.8. The first-order valence-electron chi connectivity index (χ1n) is 10.8. The number of likely N-dealkylation sites (tertiary alicyclic amines) is 1. The summed E-state index contributed by atoms with van der Waals surface area (Å²) in [6.45, 7) is 4.58. The number of hydrogen-bond donors (Lipinski definition) is 3. The van der Waals surface area contributed by atoms with Gasteiger partial charge in [0.25, 0.3) is 5.56 Å². The molecule has 1 fully saturated rings. The van der Waals surface area contributed by atoms with Gasteiger partial charge in [0.2, 0.25) is 5.91 Å². The van der Waals surface area contributed by atoms with Gasteiger partial charge >= 0.3 is 5.97 Å². The Bertz CT molecular complexity index is 1230. The number of piperidine rings is 1. The molecule has 3 aromatic rings. The summed E-state index contributed by atoms with van der Waals surface area (Å²) in [5, 5.41) is 13.8. The Hall–Kier alpha value is -3.61. The number of carbonyl (C=O) groups is 2. The summed E-state index contributed by atoms with van der Waals surface area (Å²) in [7, 11) is 0. The van der Waals surface area contributed by atoms with Gasteiger partial charge < -0.3 is 20.3 Å². The van der Waals surface area contributed by atoms with Crippen LogP contribution < -0.4 is 10.9 Å². The average Bonchev–Trinajstić information content (AvgIpc) is 2.80. The number of benzene rings is 2. The number of carboxylic acids is 1. The molecular formula is C25H27N3O4. The average molecular weight is 434 g/mol. The quantitative estimate of drug-likeness (QED) is 0.570. The summed E-state index contributed by atoms with van der Waals surface area (Å²) in [5.74, 6) is -1.51. The van der Waals surface area contributed by atoms with Crippen LogP contribution in [0, 0.1) is 12.8 Å². The molecule has 1 aromatic heterocycles. The Balaban J connectivity index is 1.58. The van der Waals surface area contributed by atoms with Crippen LogP contribution >= 0.6 is 0 Å². The number of rotatable bonds is 5. The summed E-state index contributed by atoms with van der Waals surface area (Å²) in [5.41, 5.74) is 3.58. The molecular weight excluding hydrogens is 406 g/mol. The molecule has 166 valence electrons. The SMILES string of the molecule is Cc1ccccc1-c1c[nH]c(=O)c2cc(N[C@H](C)C(=O)N3CCCC(C(=O)O)C3)ccc12. The number of pyridine rings is 1. The van der Waals surface area contributed by atoms with Crippen molar-refractivity contribution in [2.45, 2.75) is 32.7 Å². The first kappa shape index (κ1) is 21.6. The van der Waals surface area contributed by atoms with Gasteiger partial charge in [-0.1, -0.05) is 30.3 Å². The second-order valence-corrected chi connectivity index (χ2v) is 8.43. The van der Waals surface area contributed by atoms with E-state index in [1.54, 1.807) is 24.1 Å². The van der Waals surface area contributed by atoms with Gasteiger partial charge in [-0.15, -0.1) is 0 Å². The fraction of sp³-hybridized carbons (Fsp3) is 0.320. The summed E-state index contributed by atoms with van der Waals surface area (Å²) in [4.78, 5) is 41.2. The summed E-state index contributed by atoms with van der Waals surface area (Å²) < 4.78 is 0. The molecule has 0 bridgehead atoms. The maximum absolute atomic E-state index is 12.9. The van der Waals surface area contributed by atoms with E-state index in [9.17, 15) is 19.5 Å². The Kier molecular flexibility index (Phi) is 5.99. The number of amides is 1. The van der Waals surface area contributed by atoms with Gasteiger partial charge in [-0.25, -0.2) is 0 Å². The van der Waals surface area contributed by atoms with Crippen molar-refractivity contribution < 1.29 is 14.7 Å². The first-order chi connectivity index (χ1) is 15.3. The predicted molar refractivity (Wildman–Crippen MR) is 125 cm³/mol. The third-order valence-corrected chi connectivity index (χ3v) is 6.17. The minimum atomic E-state index is -0.860. The second-order valence-electron chi connectivity index (χ2n) is 8.43. The van der Waals surface area contributed by atoms with Gasteiger partial charge in [0.1, 0.15) is 6.04 Å². The van der Waals surface area contributed by atoms with E-state index in [4.69, 9.17) is 0 Å². The maximum atomic E-state index is 12.9. The van der Waals surface area contributed by atoms with Crippen molar-refractivity contribution in [3.63, 3.8) is 0 Å². The molecule has 0 radical (unpaired) electrons. The van der Waals surface area contributed by atoms with Gasteiger partial charge in [0.05, 0.1) is 5.92 Å². The Morgan fingerprint density at radius 1 is 1.16 bits per heavy atom. The standard InChI is InChI=1S/C25H27N3O4/c1-15-6-3-4-8-19(15)22-13-26-23(29)21-12-18(9-10-20(21)22)27-16(2)24(30)28-11-5-7-17(14-28)25(31)32/h3-4,6,8-10,12-13,16-17,27H,5,7,11,14H2,1-2H3,(H,26,29)(H,31,32)/t16-,17?/m1/s1. The third kappa shape index (κ3) is 4.23. The maximum Gasteiger partial charge on any atom is 0.308 e. The molecule has 3 N–H and O–H groups in total. The molecule has 32 heavy (non-hydrogen) atoms. The minimum absolute atomic E-state index is 0.140. The van der Waals surface area contributed by atoms with Crippen molar-refractivity contribution in [2.75, 3.05) is 18.4 Å². The first-order valence-corrected chi connectivity index (χ1v) is 10.8. The van der Waals surface area contributed by atoms with Crippen LogP contribution in [0.5, 0.6) is 0 Å². The number of nitrogens with one attached hydrogen (secondary N) is 2. The number of aryl methyl sites for hydroxylation is 1. The fourth-order valence-corrected chi connectivity index (χ4v) is 4.41. The molecule has 1 aliphatic heterocycles. The molecule has 2 heterocycles. The highest BCUT2D eigenvalue weighted by Gasteiger charge is 2.30. The Labute approximate surface area is 186 Å². The van der Waals surface area contributed by atoms with Crippen LogP contribution in [0.2, 0.25) is 0 Å². The molecule has 7 heteroatoms. The Morgan fingerprint density at radius 2 is 1.94 bits per heavy atom. The van der Waals surface area contributed by atoms with Gasteiger partial charge in [-0.3, -0.25) is 14.4 Å². The number of hydrogen-bond acceptors (Lipinski definition) is 4. The fourth-order valence-electron chi connectivity index (χ4n) is 4.41. The van der Waals surface area contributed by atoms with E-state index in [2.05, 4.69) is 10.3 Å². The highest BCUT2D eigenvalue weighted by Crippen LogP contribution is 2.30. The molecule has 4 rings (SSSR count). The zero-order valence-corrected chi connectivity index (χ0v) is 18.2. The van der Waals surface area contributed by atoms with Crippen LogP contribution in [-0.4, -0.2) is 46.0 Å². The predicted octanol–water partition coefficient (Wildman–Crippen LogP) is 3.63. The number of H-pyrrole nitrogens is 1. The highest BCUT2D eigenvalue weighted by atomic mass is 16.4. The van der Waals surface area contributed by atoms with Crippen LogP contribution in [0.25, 0.3) is 21.9 Å². The largest absolute Gasteiger partial charge is 0.481 e. The summed E-state index contributed by atoms with van der Waals surface area (Å²) >= 11 is 0. The van der Waals surface area contributed by atoms with Gasteiger partial charge in [0, 0.05) is 35.9 Å². The topological polar surface area (TPSA) is 103 Å². The summed E-state index contributed by atoms with van der Waals surface area (Å²) in [6, 6.07) is 13.0. The van der Waals surface area contributed by atoms with E-state index >= 15 is 0 Å². The van der Waals surface area contributed by atoms with E-state index in [1.165, 1.54) is 0 Å². The molecule has 0 spiro atoms. The van der Waals surface area contributed by atoms with Crippen LogP contribution in [-0.2, 0) is 9.59 Å². The number of carboxylic acid groups (broad SMARTS) is 1. The van der Waals surface area contributed by atoms with Crippen LogP contribution in [0.4, 0.5) is 5.69 Å². The van der Waals surface area contributed by atoms with Crippen molar-refractivity contribution in [1.29, 1.82) is 0 Å². The highest BCUT2D eigenvalue weighted by molar-refractivity contribution is 5.98. The lowest BCUT2D eigenvalue weighted by Gasteiger charge is -2.33. The molecule has 0 aliphatic carbocycles. The van der Waals surface area contributed by atoms with Crippen molar-refractivity contribution in [3.05, 3.63) is 64.6 Å². The van der Waals surface area contributed by atoms with Gasteiger partial charge in [-0.2, -0.15) is 0 Å². The number of aromatic amines is 1. The smallest absolute Gasteiger partial charge is 0.308 e. The number of aromatic nitrogens is 1. The molecule has 0 saturated carbocycles. The second kappa shape index (κ2) is 8.86. The van der Waals surface area contributed by atoms with E-state index in [0.717, 1.165) is 22.1 Å². The Morgan fingerprint density at radius 3 is 2.69 bits per heavy atom. The van der Waals surface area contributed by atoms with E-state index in [-0.39, 0.29) is 18.0 Å². The van der Waals surface area contributed by atoms with Crippen LogP contribution in [0.15, 0.2) is 53.5 Å². The molecule has 1 amide bonds. The number of aliphatic carboxylic acids is 1. The molecule has 1 aliphatic rings. The van der Waals surface area contributed by atoms with Crippen molar-refractivity contribution in [1.82, 2.24) is 9.88 Å². The normalized spacial score (nSPS) is 17.2. The van der Waals surface area contributed by atoms with Crippen molar-refractivity contribution >= 4 is 28.3 Å². The van der Waals surface area contributed by atoms with E-state index in [1.807, 2.05) is 43.3 Å². The zero-order valence-electron chi connectivity index (χ0n) is 18.2. The van der Waals surface area contributed by atoms with E-state index < -0.39 is 17.9 Å².